The minimum atomic E-state index is 0.663. The first kappa shape index (κ1) is 9.11. The Bertz CT molecular complexity index is 610. The van der Waals surface area contributed by atoms with Crippen molar-refractivity contribution in [3.8, 4) is 6.07 Å². The molecule has 0 bridgehead atoms. The Morgan fingerprint density at radius 2 is 2.19 bits per heavy atom. The van der Waals surface area contributed by atoms with Crippen molar-refractivity contribution in [2.45, 2.75) is 13.3 Å². The van der Waals surface area contributed by atoms with Crippen LogP contribution >= 0.6 is 0 Å². The van der Waals surface area contributed by atoms with Gasteiger partial charge < -0.3 is 0 Å². The predicted molar refractivity (Wildman–Crippen MR) is 64.6 cm³/mol. The van der Waals surface area contributed by atoms with Crippen LogP contribution < -0.4 is 0 Å². The first-order valence-electron chi connectivity index (χ1n) is 5.39. The third-order valence-electron chi connectivity index (χ3n) is 3.06. The molecule has 0 unspecified atom stereocenters. The molecule has 2 aliphatic rings. The zero-order chi connectivity index (χ0) is 11.1. The molecule has 0 spiro atoms. The molecule has 3 rings (SSSR count). The van der Waals surface area contributed by atoms with Crippen LogP contribution in [0.15, 0.2) is 40.9 Å². The van der Waals surface area contributed by atoms with Gasteiger partial charge in [-0.2, -0.15) is 5.26 Å². The molecule has 0 atom stereocenters. The molecule has 0 saturated heterocycles. The summed E-state index contributed by atoms with van der Waals surface area (Å²) >= 11 is 0. The summed E-state index contributed by atoms with van der Waals surface area (Å²) in [6.45, 7) is 2.14. The predicted octanol–water partition coefficient (Wildman–Crippen LogP) is 3.38. The molecule has 1 aromatic carbocycles. The van der Waals surface area contributed by atoms with E-state index in [-0.39, 0.29) is 0 Å². The van der Waals surface area contributed by atoms with Gasteiger partial charge in [0.15, 0.2) is 0 Å². The molecule has 0 N–H and O–H groups in total. The summed E-state index contributed by atoms with van der Waals surface area (Å²) in [6.07, 6.45) is 5.16. The second kappa shape index (κ2) is 3.18. The molecule has 1 aromatic rings. The molecule has 1 heterocycles. The third kappa shape index (κ3) is 1.03. The standard InChI is InChI=1S/C14H10N2/c1-2-9-6-7-12-13(9)11-5-3-4-10(8-15)14(11)16-12/h3-7H,2H2,1H3. The normalized spacial score (nSPS) is 15.9. The van der Waals surface area contributed by atoms with Crippen molar-refractivity contribution in [1.29, 1.82) is 5.26 Å². The SMILES string of the molecule is CCC1=C2C(=Nc3c(C#N)cccc32)C=C1. The fourth-order valence-electron chi connectivity index (χ4n) is 2.29. The van der Waals surface area contributed by atoms with Crippen molar-refractivity contribution in [1.82, 2.24) is 0 Å². The van der Waals surface area contributed by atoms with Gasteiger partial charge in [0.1, 0.15) is 6.07 Å². The number of nitriles is 1. The van der Waals surface area contributed by atoms with E-state index in [0.29, 0.717) is 5.56 Å². The first-order valence-corrected chi connectivity index (χ1v) is 5.39. The topological polar surface area (TPSA) is 36.1 Å². The number of allylic oxidation sites excluding steroid dienone is 4. The number of aliphatic imine (C=N–C) groups is 1. The summed E-state index contributed by atoms with van der Waals surface area (Å²) in [7, 11) is 0. The van der Waals surface area contributed by atoms with Crippen molar-refractivity contribution in [3.63, 3.8) is 0 Å². The van der Waals surface area contributed by atoms with Crippen LogP contribution in [0.3, 0.4) is 0 Å². The van der Waals surface area contributed by atoms with Gasteiger partial charge in [-0.25, -0.2) is 4.99 Å². The van der Waals surface area contributed by atoms with Crippen LogP contribution in [0.5, 0.6) is 0 Å². The van der Waals surface area contributed by atoms with E-state index in [2.05, 4.69) is 24.1 Å². The Balaban J connectivity index is 2.31. The van der Waals surface area contributed by atoms with Crippen LogP contribution in [-0.2, 0) is 0 Å². The monoisotopic (exact) mass is 206 g/mol. The van der Waals surface area contributed by atoms with Gasteiger partial charge in [0.05, 0.1) is 17.0 Å². The fraction of sp³-hybridized carbons (Fsp3) is 0.143. The minimum absolute atomic E-state index is 0.663. The lowest BCUT2D eigenvalue weighted by Crippen LogP contribution is -1.89. The molecule has 2 nitrogen and oxygen atoms in total. The van der Waals surface area contributed by atoms with Crippen molar-refractivity contribution >= 4 is 17.0 Å². The average molecular weight is 206 g/mol. The molecule has 0 saturated carbocycles. The van der Waals surface area contributed by atoms with Gasteiger partial charge in [-0.1, -0.05) is 25.1 Å². The van der Waals surface area contributed by atoms with E-state index in [1.807, 2.05) is 24.3 Å². The minimum Gasteiger partial charge on any atom is -0.246 e. The molecular formula is C14H10N2. The maximum Gasteiger partial charge on any atom is 0.101 e. The largest absolute Gasteiger partial charge is 0.246 e. The van der Waals surface area contributed by atoms with Gasteiger partial charge in [0, 0.05) is 11.1 Å². The molecule has 0 radical (unpaired) electrons. The smallest absolute Gasteiger partial charge is 0.101 e. The van der Waals surface area contributed by atoms with Crippen LogP contribution in [0.2, 0.25) is 0 Å². The zero-order valence-corrected chi connectivity index (χ0v) is 8.99. The van der Waals surface area contributed by atoms with E-state index in [4.69, 9.17) is 5.26 Å². The van der Waals surface area contributed by atoms with Gasteiger partial charge in [-0.15, -0.1) is 0 Å². The van der Waals surface area contributed by atoms with E-state index in [0.717, 1.165) is 23.4 Å². The van der Waals surface area contributed by atoms with Gasteiger partial charge in [0.25, 0.3) is 0 Å². The molecule has 16 heavy (non-hydrogen) atoms. The number of para-hydroxylation sites is 1. The Morgan fingerprint density at radius 3 is 2.94 bits per heavy atom. The van der Waals surface area contributed by atoms with Crippen molar-refractivity contribution in [2.24, 2.45) is 4.99 Å². The average Bonchev–Trinajstić information content (AvgIpc) is 2.86. The summed E-state index contributed by atoms with van der Waals surface area (Å²) in [5.41, 5.74) is 6.15. The highest BCUT2D eigenvalue weighted by Gasteiger charge is 2.26. The van der Waals surface area contributed by atoms with Crippen molar-refractivity contribution < 1.29 is 0 Å². The van der Waals surface area contributed by atoms with Crippen LogP contribution in [0.25, 0.3) is 5.57 Å². The highest BCUT2D eigenvalue weighted by molar-refractivity contribution is 6.37. The summed E-state index contributed by atoms with van der Waals surface area (Å²) in [4.78, 5) is 4.53. The highest BCUT2D eigenvalue weighted by Crippen LogP contribution is 2.42. The summed E-state index contributed by atoms with van der Waals surface area (Å²) in [6, 6.07) is 7.99. The van der Waals surface area contributed by atoms with Crippen LogP contribution in [0.1, 0.15) is 24.5 Å². The van der Waals surface area contributed by atoms with Gasteiger partial charge in [-0.3, -0.25) is 0 Å². The molecule has 1 aliphatic carbocycles. The summed E-state index contributed by atoms with van der Waals surface area (Å²) in [5, 5.41) is 9.03. The Hall–Kier alpha value is -2.14. The van der Waals surface area contributed by atoms with E-state index in [1.165, 1.54) is 11.1 Å². The second-order valence-corrected chi connectivity index (χ2v) is 3.90. The quantitative estimate of drug-likeness (QED) is 0.693. The first-order chi connectivity index (χ1) is 7.85. The molecule has 0 amide bonds. The van der Waals surface area contributed by atoms with Gasteiger partial charge >= 0.3 is 0 Å². The van der Waals surface area contributed by atoms with Crippen molar-refractivity contribution in [3.05, 3.63) is 47.1 Å². The Labute approximate surface area is 94.2 Å². The highest BCUT2D eigenvalue weighted by atomic mass is 14.8. The van der Waals surface area contributed by atoms with Crippen LogP contribution in [0, 0.1) is 11.3 Å². The van der Waals surface area contributed by atoms with Gasteiger partial charge in [0.2, 0.25) is 0 Å². The Kier molecular flexibility index (Phi) is 1.81. The van der Waals surface area contributed by atoms with Crippen LogP contribution in [0.4, 0.5) is 5.69 Å². The lowest BCUT2D eigenvalue weighted by molar-refractivity contribution is 1.16. The lowest BCUT2D eigenvalue weighted by atomic mass is 9.98. The number of hydrogen-bond acceptors (Lipinski definition) is 2. The number of hydrogen-bond donors (Lipinski definition) is 0. The number of nitrogens with zero attached hydrogens (tertiary/aromatic N) is 2. The Morgan fingerprint density at radius 1 is 1.31 bits per heavy atom. The molecule has 0 aromatic heterocycles. The number of benzene rings is 1. The number of fused-ring (bicyclic) bond motifs is 3. The third-order valence-corrected chi connectivity index (χ3v) is 3.06. The molecule has 2 heteroatoms. The fourth-order valence-corrected chi connectivity index (χ4v) is 2.29. The van der Waals surface area contributed by atoms with Crippen molar-refractivity contribution in [2.75, 3.05) is 0 Å². The number of rotatable bonds is 1. The molecular weight excluding hydrogens is 196 g/mol. The van der Waals surface area contributed by atoms with E-state index >= 15 is 0 Å². The second-order valence-electron chi connectivity index (χ2n) is 3.90. The maximum absolute atomic E-state index is 9.03. The molecule has 76 valence electrons. The lowest BCUT2D eigenvalue weighted by Gasteiger charge is -2.03. The zero-order valence-electron chi connectivity index (χ0n) is 8.99. The van der Waals surface area contributed by atoms with Crippen LogP contribution in [-0.4, -0.2) is 5.71 Å². The van der Waals surface area contributed by atoms with Gasteiger partial charge in [-0.05, 0) is 24.1 Å². The molecule has 1 aliphatic heterocycles. The summed E-state index contributed by atoms with van der Waals surface area (Å²) < 4.78 is 0. The van der Waals surface area contributed by atoms with E-state index in [9.17, 15) is 0 Å². The maximum atomic E-state index is 9.03. The summed E-state index contributed by atoms with van der Waals surface area (Å²) in [5.74, 6) is 0. The molecule has 0 fully saturated rings. The van der Waals surface area contributed by atoms with E-state index < -0.39 is 0 Å². The van der Waals surface area contributed by atoms with E-state index in [1.54, 1.807) is 0 Å².